The van der Waals surface area contributed by atoms with Crippen LogP contribution in [0.1, 0.15) is 25.5 Å². The van der Waals surface area contributed by atoms with E-state index < -0.39 is 0 Å². The van der Waals surface area contributed by atoms with Crippen LogP contribution < -0.4 is 10.2 Å². The lowest BCUT2D eigenvalue weighted by atomic mass is 10.1. The van der Waals surface area contributed by atoms with Crippen LogP contribution in [0.4, 0.5) is 5.69 Å². The molecule has 0 saturated heterocycles. The van der Waals surface area contributed by atoms with Crippen LogP contribution in [0.2, 0.25) is 0 Å². The molecule has 0 aliphatic rings. The molecule has 14 heavy (non-hydrogen) atoms. The van der Waals surface area contributed by atoms with Gasteiger partial charge in [0.1, 0.15) is 0 Å². The van der Waals surface area contributed by atoms with Crippen molar-refractivity contribution in [2.75, 3.05) is 25.5 Å². The van der Waals surface area contributed by atoms with Gasteiger partial charge in [-0.1, -0.05) is 18.2 Å². The first-order chi connectivity index (χ1) is 6.70. The van der Waals surface area contributed by atoms with Gasteiger partial charge in [0.15, 0.2) is 0 Å². The highest BCUT2D eigenvalue weighted by atomic mass is 15.1. The quantitative estimate of drug-likeness (QED) is 0.788. The molecule has 1 unspecified atom stereocenters. The van der Waals surface area contributed by atoms with Gasteiger partial charge in [0.05, 0.1) is 0 Å². The van der Waals surface area contributed by atoms with Crippen LogP contribution in [-0.4, -0.2) is 20.6 Å². The topological polar surface area (TPSA) is 15.3 Å². The largest absolute Gasteiger partial charge is 0.375 e. The molecule has 1 rings (SSSR count). The zero-order valence-corrected chi connectivity index (χ0v) is 9.54. The summed E-state index contributed by atoms with van der Waals surface area (Å²) >= 11 is 0. The molecule has 0 heterocycles. The minimum atomic E-state index is 0.403. The normalized spacial score (nSPS) is 12.6. The summed E-state index contributed by atoms with van der Waals surface area (Å²) in [6.45, 7) is 5.39. The van der Waals surface area contributed by atoms with E-state index in [9.17, 15) is 0 Å². The predicted octanol–water partition coefficient (Wildman–Crippen LogP) is 2.42. The minimum Gasteiger partial charge on any atom is -0.375 e. The Morgan fingerprint density at radius 2 is 2.00 bits per heavy atom. The van der Waals surface area contributed by atoms with Gasteiger partial charge in [0.25, 0.3) is 0 Å². The van der Waals surface area contributed by atoms with Gasteiger partial charge in [-0.15, -0.1) is 0 Å². The molecule has 0 radical (unpaired) electrons. The monoisotopic (exact) mass is 192 g/mol. The molecule has 2 heteroatoms. The van der Waals surface area contributed by atoms with Crippen LogP contribution in [0.25, 0.3) is 0 Å². The molecule has 78 valence electrons. The number of hydrogen-bond acceptors (Lipinski definition) is 2. The molecule has 2 nitrogen and oxygen atoms in total. The molecule has 0 aromatic heterocycles. The fourth-order valence-electron chi connectivity index (χ4n) is 1.53. The Morgan fingerprint density at radius 1 is 1.36 bits per heavy atom. The van der Waals surface area contributed by atoms with Gasteiger partial charge in [-0.3, -0.25) is 0 Å². The van der Waals surface area contributed by atoms with E-state index in [1.165, 1.54) is 11.3 Å². The van der Waals surface area contributed by atoms with Crippen molar-refractivity contribution in [2.45, 2.75) is 19.9 Å². The molecule has 0 spiro atoms. The number of hydrogen-bond donors (Lipinski definition) is 1. The first-order valence-electron chi connectivity index (χ1n) is 5.18. The highest BCUT2D eigenvalue weighted by Crippen LogP contribution is 2.24. The number of para-hydroxylation sites is 1. The second-order valence-corrected chi connectivity index (χ2v) is 3.58. The Kier molecular flexibility index (Phi) is 3.96. The van der Waals surface area contributed by atoms with Crippen molar-refractivity contribution in [1.82, 2.24) is 5.32 Å². The van der Waals surface area contributed by atoms with Crippen LogP contribution in [0.5, 0.6) is 0 Å². The van der Waals surface area contributed by atoms with Crippen LogP contribution in [0.15, 0.2) is 24.3 Å². The third kappa shape index (κ3) is 2.26. The van der Waals surface area contributed by atoms with Crippen molar-refractivity contribution in [3.05, 3.63) is 29.8 Å². The lowest BCUT2D eigenvalue weighted by Crippen LogP contribution is -2.21. The first kappa shape index (κ1) is 11.1. The summed E-state index contributed by atoms with van der Waals surface area (Å²) in [4.78, 5) is 2.27. The summed E-state index contributed by atoms with van der Waals surface area (Å²) in [5.74, 6) is 0. The van der Waals surface area contributed by atoms with Gasteiger partial charge in [0, 0.05) is 25.3 Å². The number of benzene rings is 1. The molecular weight excluding hydrogens is 172 g/mol. The van der Waals surface area contributed by atoms with E-state index in [1.807, 2.05) is 7.05 Å². The summed E-state index contributed by atoms with van der Waals surface area (Å²) in [6, 6.07) is 8.94. The maximum absolute atomic E-state index is 3.27. The van der Waals surface area contributed by atoms with E-state index in [0.29, 0.717) is 6.04 Å². The van der Waals surface area contributed by atoms with Crippen LogP contribution in [0, 0.1) is 0 Å². The van der Waals surface area contributed by atoms with Gasteiger partial charge in [0.2, 0.25) is 0 Å². The minimum absolute atomic E-state index is 0.403. The van der Waals surface area contributed by atoms with E-state index in [-0.39, 0.29) is 0 Å². The molecule has 0 aliphatic heterocycles. The summed E-state index contributed by atoms with van der Waals surface area (Å²) in [7, 11) is 4.12. The van der Waals surface area contributed by atoms with E-state index >= 15 is 0 Å². The highest BCUT2D eigenvalue weighted by Gasteiger charge is 2.09. The molecule has 0 saturated carbocycles. The summed E-state index contributed by atoms with van der Waals surface area (Å²) in [5, 5.41) is 3.27. The Bertz CT molecular complexity index is 254. The molecule has 1 aromatic carbocycles. The van der Waals surface area contributed by atoms with Crippen LogP contribution >= 0.6 is 0 Å². The Balaban J connectivity index is 3.02. The molecule has 1 N–H and O–H groups in total. The van der Waals surface area contributed by atoms with Gasteiger partial charge < -0.3 is 10.2 Å². The van der Waals surface area contributed by atoms with Crippen molar-refractivity contribution in [1.29, 1.82) is 0 Å². The predicted molar refractivity (Wildman–Crippen MR) is 62.9 cm³/mol. The smallest absolute Gasteiger partial charge is 0.0411 e. The zero-order chi connectivity index (χ0) is 10.6. The molecule has 0 bridgehead atoms. The van der Waals surface area contributed by atoms with E-state index in [1.54, 1.807) is 0 Å². The second kappa shape index (κ2) is 5.01. The lowest BCUT2D eigenvalue weighted by Gasteiger charge is -2.23. The number of anilines is 1. The fraction of sp³-hybridized carbons (Fsp3) is 0.500. The SMILES string of the molecule is CCN(C)c1ccccc1C(C)NC. The summed E-state index contributed by atoms with van der Waals surface area (Å²) in [5.41, 5.74) is 2.68. The van der Waals surface area contributed by atoms with Crippen molar-refractivity contribution >= 4 is 5.69 Å². The summed E-state index contributed by atoms with van der Waals surface area (Å²) < 4.78 is 0. The van der Waals surface area contributed by atoms with Gasteiger partial charge in [-0.25, -0.2) is 0 Å². The lowest BCUT2D eigenvalue weighted by molar-refractivity contribution is 0.650. The Labute approximate surface area is 86.9 Å². The first-order valence-corrected chi connectivity index (χ1v) is 5.18. The van der Waals surface area contributed by atoms with Crippen molar-refractivity contribution in [3.63, 3.8) is 0 Å². The van der Waals surface area contributed by atoms with E-state index in [0.717, 1.165) is 6.54 Å². The Hall–Kier alpha value is -1.02. The zero-order valence-electron chi connectivity index (χ0n) is 9.54. The van der Waals surface area contributed by atoms with Crippen LogP contribution in [-0.2, 0) is 0 Å². The molecule has 0 amide bonds. The number of nitrogens with one attached hydrogen (secondary N) is 1. The fourth-order valence-corrected chi connectivity index (χ4v) is 1.53. The molecule has 0 aliphatic carbocycles. The van der Waals surface area contributed by atoms with Gasteiger partial charge >= 0.3 is 0 Å². The van der Waals surface area contributed by atoms with Crippen LogP contribution in [0.3, 0.4) is 0 Å². The van der Waals surface area contributed by atoms with Crippen molar-refractivity contribution < 1.29 is 0 Å². The van der Waals surface area contributed by atoms with E-state index in [4.69, 9.17) is 0 Å². The second-order valence-electron chi connectivity index (χ2n) is 3.58. The maximum atomic E-state index is 3.27. The van der Waals surface area contributed by atoms with Gasteiger partial charge in [-0.05, 0) is 32.5 Å². The standard InChI is InChI=1S/C12H20N2/c1-5-14(4)12-9-7-6-8-11(12)10(2)13-3/h6-10,13H,5H2,1-4H3. The molecular formula is C12H20N2. The third-order valence-corrected chi connectivity index (χ3v) is 2.72. The Morgan fingerprint density at radius 3 is 2.57 bits per heavy atom. The van der Waals surface area contributed by atoms with Crippen molar-refractivity contribution in [2.24, 2.45) is 0 Å². The molecule has 0 fully saturated rings. The summed E-state index contributed by atoms with van der Waals surface area (Å²) in [6.07, 6.45) is 0. The molecule has 1 atom stereocenters. The van der Waals surface area contributed by atoms with Crippen molar-refractivity contribution in [3.8, 4) is 0 Å². The average Bonchev–Trinajstić information content (AvgIpc) is 2.27. The van der Waals surface area contributed by atoms with E-state index in [2.05, 4.69) is 55.4 Å². The number of rotatable bonds is 4. The average molecular weight is 192 g/mol. The third-order valence-electron chi connectivity index (χ3n) is 2.72. The molecule has 1 aromatic rings. The highest BCUT2D eigenvalue weighted by molar-refractivity contribution is 5.54. The van der Waals surface area contributed by atoms with Gasteiger partial charge in [-0.2, -0.15) is 0 Å². The maximum Gasteiger partial charge on any atom is 0.0411 e. The number of nitrogens with zero attached hydrogens (tertiary/aromatic N) is 1.